The molecule has 0 aromatic heterocycles. The zero-order chi connectivity index (χ0) is 29.2. The molecule has 0 aliphatic heterocycles. The number of benzene rings is 2. The molecule has 8 nitrogen and oxygen atoms in total. The fourth-order valence-corrected chi connectivity index (χ4v) is 3.15. The van der Waals surface area contributed by atoms with Crippen molar-refractivity contribution >= 4 is 23.8 Å². The summed E-state index contributed by atoms with van der Waals surface area (Å²) in [6, 6.07) is 10.2. The van der Waals surface area contributed by atoms with E-state index in [1.807, 2.05) is 19.9 Å². The Bertz CT molecular complexity index is 1160. The minimum absolute atomic E-state index is 0.198. The number of allylic oxidation sites excluding steroid dienone is 1. The first-order valence-corrected chi connectivity index (χ1v) is 13.0. The number of carbonyl (C=O) groups is 3. The van der Waals surface area contributed by atoms with E-state index in [1.54, 1.807) is 78.0 Å². The Morgan fingerprint density at radius 1 is 0.744 bits per heavy atom. The van der Waals surface area contributed by atoms with E-state index in [2.05, 4.69) is 0 Å². The van der Waals surface area contributed by atoms with Crippen molar-refractivity contribution in [3.8, 4) is 17.2 Å². The highest BCUT2D eigenvalue weighted by atomic mass is 16.7. The zero-order valence-electron chi connectivity index (χ0n) is 24.2. The number of hydrogen-bond donors (Lipinski definition) is 0. The summed E-state index contributed by atoms with van der Waals surface area (Å²) in [5, 5.41) is 0. The van der Waals surface area contributed by atoms with Crippen LogP contribution < -0.4 is 14.2 Å². The maximum absolute atomic E-state index is 12.8. The van der Waals surface area contributed by atoms with Gasteiger partial charge in [0.05, 0.1) is 17.4 Å². The molecule has 0 fully saturated rings. The molecule has 0 heterocycles. The first-order chi connectivity index (χ1) is 18.3. The van der Waals surface area contributed by atoms with E-state index in [-0.39, 0.29) is 31.3 Å². The Morgan fingerprint density at radius 2 is 1.31 bits per heavy atom. The van der Waals surface area contributed by atoms with Gasteiger partial charge in [-0.2, -0.15) is 0 Å². The van der Waals surface area contributed by atoms with E-state index >= 15 is 0 Å². The van der Waals surface area contributed by atoms with Gasteiger partial charge in [-0.05, 0) is 103 Å². The minimum Gasteiger partial charge on any atom is -0.493 e. The fraction of sp³-hybridized carbons (Fsp3) is 0.452. The molecule has 0 radical (unpaired) electrons. The van der Waals surface area contributed by atoms with Crippen LogP contribution in [0.25, 0.3) is 6.08 Å². The van der Waals surface area contributed by atoms with Crippen LogP contribution in [0.5, 0.6) is 17.2 Å². The summed E-state index contributed by atoms with van der Waals surface area (Å²) in [4.78, 5) is 36.7. The molecule has 0 amide bonds. The molecule has 0 saturated heterocycles. The van der Waals surface area contributed by atoms with E-state index < -0.39 is 10.8 Å². The third kappa shape index (κ3) is 9.78. The number of rotatable bonds is 12. The van der Waals surface area contributed by atoms with E-state index in [9.17, 15) is 14.4 Å². The second kappa shape index (κ2) is 13.8. The second-order valence-electron chi connectivity index (χ2n) is 10.9. The maximum atomic E-state index is 12.8. The predicted molar refractivity (Wildman–Crippen MR) is 149 cm³/mol. The lowest BCUT2D eigenvalue weighted by molar-refractivity contribution is -0.160. The van der Waals surface area contributed by atoms with Gasteiger partial charge in [-0.1, -0.05) is 6.92 Å². The standard InChI is InChI=1S/C31H40O8/c1-9-21-17-23(27(35-10-2)18-26(21)37-20-39-29(34)31(6,7)8)13-16-25(32)22-11-14-24(15-12-22)36-19-38-28(33)30(3,4)5/h11-18H,9-10,19-20H2,1-8H3/b16-13+. The monoisotopic (exact) mass is 540 g/mol. The molecular weight excluding hydrogens is 500 g/mol. The summed E-state index contributed by atoms with van der Waals surface area (Å²) in [6.07, 6.45) is 3.84. The maximum Gasteiger partial charge on any atom is 0.314 e. The van der Waals surface area contributed by atoms with Crippen molar-refractivity contribution in [2.45, 2.75) is 61.8 Å². The highest BCUT2D eigenvalue weighted by Gasteiger charge is 2.24. The number of esters is 2. The van der Waals surface area contributed by atoms with Crippen LogP contribution in [0, 0.1) is 10.8 Å². The Balaban J connectivity index is 2.09. The number of hydrogen-bond acceptors (Lipinski definition) is 8. The molecule has 0 atom stereocenters. The van der Waals surface area contributed by atoms with Crippen LogP contribution in [0.3, 0.4) is 0 Å². The van der Waals surface area contributed by atoms with Crippen LogP contribution in [-0.4, -0.2) is 37.9 Å². The predicted octanol–water partition coefficient (Wildman–Crippen LogP) is 6.40. The highest BCUT2D eigenvalue weighted by molar-refractivity contribution is 6.07. The van der Waals surface area contributed by atoms with Crippen molar-refractivity contribution < 1.29 is 38.1 Å². The second-order valence-corrected chi connectivity index (χ2v) is 10.9. The van der Waals surface area contributed by atoms with Crippen LogP contribution in [-0.2, 0) is 25.5 Å². The number of aryl methyl sites for hydroxylation is 1. The summed E-state index contributed by atoms with van der Waals surface area (Å²) in [5.41, 5.74) is 0.843. The third-order valence-corrected chi connectivity index (χ3v) is 5.47. The van der Waals surface area contributed by atoms with Gasteiger partial charge in [-0.3, -0.25) is 14.4 Å². The van der Waals surface area contributed by atoms with Gasteiger partial charge in [0, 0.05) is 17.2 Å². The zero-order valence-corrected chi connectivity index (χ0v) is 24.2. The molecule has 2 aromatic rings. The van der Waals surface area contributed by atoms with Crippen molar-refractivity contribution in [3.63, 3.8) is 0 Å². The fourth-order valence-electron chi connectivity index (χ4n) is 3.15. The molecule has 0 aliphatic rings. The van der Waals surface area contributed by atoms with Gasteiger partial charge < -0.3 is 23.7 Å². The molecule has 212 valence electrons. The van der Waals surface area contributed by atoms with Crippen LogP contribution >= 0.6 is 0 Å². The van der Waals surface area contributed by atoms with Crippen molar-refractivity contribution in [3.05, 3.63) is 59.2 Å². The molecule has 0 unspecified atom stereocenters. The quantitative estimate of drug-likeness (QED) is 0.132. The molecule has 0 saturated carbocycles. The minimum atomic E-state index is -0.622. The third-order valence-electron chi connectivity index (χ3n) is 5.47. The smallest absolute Gasteiger partial charge is 0.314 e. The SMILES string of the molecule is CCOc1cc(OCOC(=O)C(C)(C)C)c(CC)cc1/C=C/C(=O)c1ccc(OCOC(=O)C(C)(C)C)cc1. The van der Waals surface area contributed by atoms with Gasteiger partial charge in [0.15, 0.2) is 5.78 Å². The normalized spacial score (nSPS) is 11.7. The van der Waals surface area contributed by atoms with Gasteiger partial charge in [0.2, 0.25) is 13.6 Å². The Hall–Kier alpha value is -3.81. The van der Waals surface area contributed by atoms with Crippen molar-refractivity contribution in [1.29, 1.82) is 0 Å². The van der Waals surface area contributed by atoms with E-state index in [0.717, 1.165) is 11.1 Å². The number of carbonyl (C=O) groups excluding carboxylic acids is 3. The molecule has 0 bridgehead atoms. The Labute approximate surface area is 231 Å². The van der Waals surface area contributed by atoms with E-state index in [0.29, 0.717) is 35.8 Å². The first-order valence-electron chi connectivity index (χ1n) is 13.0. The van der Waals surface area contributed by atoms with Gasteiger partial charge in [-0.15, -0.1) is 0 Å². The van der Waals surface area contributed by atoms with Crippen LogP contribution in [0.2, 0.25) is 0 Å². The average Bonchev–Trinajstić information content (AvgIpc) is 2.87. The molecule has 8 heteroatoms. The lowest BCUT2D eigenvalue weighted by Crippen LogP contribution is -2.24. The summed E-state index contributed by atoms with van der Waals surface area (Å²) < 4.78 is 27.3. The number of ketones is 1. The van der Waals surface area contributed by atoms with Crippen LogP contribution in [0.15, 0.2) is 42.5 Å². The van der Waals surface area contributed by atoms with Crippen molar-refractivity contribution in [2.24, 2.45) is 10.8 Å². The van der Waals surface area contributed by atoms with E-state index in [4.69, 9.17) is 23.7 Å². The van der Waals surface area contributed by atoms with Gasteiger partial charge >= 0.3 is 11.9 Å². The Morgan fingerprint density at radius 3 is 1.82 bits per heavy atom. The highest BCUT2D eigenvalue weighted by Crippen LogP contribution is 2.31. The van der Waals surface area contributed by atoms with Gasteiger partial charge in [0.25, 0.3) is 0 Å². The molecule has 39 heavy (non-hydrogen) atoms. The summed E-state index contributed by atoms with van der Waals surface area (Å²) in [7, 11) is 0. The summed E-state index contributed by atoms with van der Waals surface area (Å²) in [5.74, 6) is 0.662. The number of ether oxygens (including phenoxy) is 5. The van der Waals surface area contributed by atoms with Gasteiger partial charge in [0.1, 0.15) is 17.2 Å². The lowest BCUT2D eigenvalue weighted by atomic mass is 9.97. The molecule has 0 N–H and O–H groups in total. The van der Waals surface area contributed by atoms with Crippen molar-refractivity contribution in [2.75, 3.05) is 20.2 Å². The summed E-state index contributed by atoms with van der Waals surface area (Å²) in [6.45, 7) is 14.5. The van der Waals surface area contributed by atoms with Crippen molar-refractivity contribution in [1.82, 2.24) is 0 Å². The summed E-state index contributed by atoms with van der Waals surface area (Å²) >= 11 is 0. The largest absolute Gasteiger partial charge is 0.493 e. The van der Waals surface area contributed by atoms with Crippen LogP contribution in [0.4, 0.5) is 0 Å². The molecule has 0 spiro atoms. The molecule has 2 rings (SSSR count). The van der Waals surface area contributed by atoms with Gasteiger partial charge in [-0.25, -0.2) is 0 Å². The molecule has 2 aromatic carbocycles. The topological polar surface area (TPSA) is 97.4 Å². The Kier molecular flexibility index (Phi) is 11.1. The first kappa shape index (κ1) is 31.4. The molecular formula is C31H40O8. The lowest BCUT2D eigenvalue weighted by Gasteiger charge is -2.18. The molecule has 0 aliphatic carbocycles. The average molecular weight is 541 g/mol. The van der Waals surface area contributed by atoms with Crippen LogP contribution in [0.1, 0.15) is 76.9 Å². The van der Waals surface area contributed by atoms with E-state index in [1.165, 1.54) is 6.08 Å².